The van der Waals surface area contributed by atoms with Crippen LogP contribution in [-0.2, 0) is 0 Å². The van der Waals surface area contributed by atoms with Crippen LogP contribution < -0.4 is 5.32 Å². The number of piperidine rings is 1. The predicted molar refractivity (Wildman–Crippen MR) is 60.5 cm³/mol. The first-order valence-electron chi connectivity index (χ1n) is 6.12. The molecule has 0 saturated carbocycles. The zero-order chi connectivity index (χ0) is 10.2. The first-order valence-corrected chi connectivity index (χ1v) is 6.12. The molecule has 0 aliphatic carbocycles. The summed E-state index contributed by atoms with van der Waals surface area (Å²) in [4.78, 5) is 2.67. The van der Waals surface area contributed by atoms with E-state index in [9.17, 15) is 0 Å². The highest BCUT2D eigenvalue weighted by molar-refractivity contribution is 5.00. The van der Waals surface area contributed by atoms with Crippen molar-refractivity contribution < 1.29 is 0 Å². The van der Waals surface area contributed by atoms with Gasteiger partial charge in [-0.15, -0.1) is 0 Å². The maximum Gasteiger partial charge on any atom is 0.0139 e. The third kappa shape index (κ3) is 1.59. The van der Waals surface area contributed by atoms with Crippen molar-refractivity contribution in [1.82, 2.24) is 10.2 Å². The van der Waals surface area contributed by atoms with E-state index in [0.29, 0.717) is 11.5 Å². The predicted octanol–water partition coefficient (Wildman–Crippen LogP) is 1.86. The second kappa shape index (κ2) is 3.82. The highest BCUT2D eigenvalue weighted by Crippen LogP contribution is 2.42. The molecular weight excluding hydrogens is 172 g/mol. The Morgan fingerprint density at radius 3 is 2.64 bits per heavy atom. The van der Waals surface area contributed by atoms with Crippen molar-refractivity contribution in [1.29, 1.82) is 0 Å². The van der Waals surface area contributed by atoms with Crippen LogP contribution in [0.5, 0.6) is 0 Å². The van der Waals surface area contributed by atoms with Crippen LogP contribution in [0.2, 0.25) is 0 Å². The average molecular weight is 196 g/mol. The van der Waals surface area contributed by atoms with Crippen LogP contribution in [0.4, 0.5) is 0 Å². The summed E-state index contributed by atoms with van der Waals surface area (Å²) in [5.41, 5.74) is 0.600. The second-order valence-corrected chi connectivity index (χ2v) is 5.40. The van der Waals surface area contributed by atoms with E-state index in [0.717, 1.165) is 6.04 Å². The normalized spacial score (nSPS) is 39.9. The van der Waals surface area contributed by atoms with E-state index in [1.165, 1.54) is 38.9 Å². The van der Waals surface area contributed by atoms with E-state index in [-0.39, 0.29) is 0 Å². The van der Waals surface area contributed by atoms with Crippen molar-refractivity contribution in [3.05, 3.63) is 0 Å². The molecule has 2 aliphatic rings. The lowest BCUT2D eigenvalue weighted by Gasteiger charge is -2.40. The minimum Gasteiger partial charge on any atom is -0.316 e. The Morgan fingerprint density at radius 1 is 1.36 bits per heavy atom. The molecule has 1 spiro atoms. The first kappa shape index (κ1) is 10.4. The van der Waals surface area contributed by atoms with Gasteiger partial charge in [-0.3, -0.25) is 4.90 Å². The lowest BCUT2D eigenvalue weighted by atomic mass is 9.75. The van der Waals surface area contributed by atoms with Gasteiger partial charge in [0.15, 0.2) is 0 Å². The van der Waals surface area contributed by atoms with E-state index in [1.54, 1.807) is 0 Å². The van der Waals surface area contributed by atoms with Crippen LogP contribution in [0.3, 0.4) is 0 Å². The lowest BCUT2D eigenvalue weighted by Crippen LogP contribution is -2.48. The molecule has 1 N–H and O–H groups in total. The fraction of sp³-hybridized carbons (Fsp3) is 1.00. The van der Waals surface area contributed by atoms with E-state index in [4.69, 9.17) is 0 Å². The van der Waals surface area contributed by atoms with Crippen LogP contribution in [-0.4, -0.2) is 36.6 Å². The number of hydrogen-bond donors (Lipinski definition) is 1. The Morgan fingerprint density at radius 2 is 2.14 bits per heavy atom. The summed E-state index contributed by atoms with van der Waals surface area (Å²) in [7, 11) is 0. The summed E-state index contributed by atoms with van der Waals surface area (Å²) in [5, 5.41) is 3.58. The molecule has 2 fully saturated rings. The minimum absolute atomic E-state index is 0.600. The van der Waals surface area contributed by atoms with Gasteiger partial charge in [-0.2, -0.15) is 0 Å². The summed E-state index contributed by atoms with van der Waals surface area (Å²) >= 11 is 0. The smallest absolute Gasteiger partial charge is 0.0139 e. The van der Waals surface area contributed by atoms with E-state index in [1.807, 2.05) is 0 Å². The maximum atomic E-state index is 3.58. The Bertz CT molecular complexity index is 194. The fourth-order valence-corrected chi connectivity index (χ4v) is 3.37. The van der Waals surface area contributed by atoms with Crippen molar-refractivity contribution in [3.63, 3.8) is 0 Å². The highest BCUT2D eigenvalue weighted by atomic mass is 15.2. The molecule has 2 atom stereocenters. The second-order valence-electron chi connectivity index (χ2n) is 5.40. The highest BCUT2D eigenvalue weighted by Gasteiger charge is 2.45. The van der Waals surface area contributed by atoms with E-state index in [2.05, 4.69) is 31.0 Å². The molecule has 2 aliphatic heterocycles. The van der Waals surface area contributed by atoms with Crippen LogP contribution in [0.1, 0.15) is 40.0 Å². The zero-order valence-corrected chi connectivity index (χ0v) is 9.84. The van der Waals surface area contributed by atoms with Gasteiger partial charge >= 0.3 is 0 Å². The first-order chi connectivity index (χ1) is 6.66. The molecule has 2 rings (SSSR count). The Kier molecular flexibility index (Phi) is 2.85. The topological polar surface area (TPSA) is 15.3 Å². The minimum atomic E-state index is 0.600. The van der Waals surface area contributed by atoms with Gasteiger partial charge in [0.05, 0.1) is 0 Å². The van der Waals surface area contributed by atoms with Crippen LogP contribution >= 0.6 is 0 Å². The Balaban J connectivity index is 2.07. The molecule has 2 heterocycles. The molecule has 0 bridgehead atoms. The Labute approximate surface area is 88.1 Å². The van der Waals surface area contributed by atoms with Crippen LogP contribution in [0.25, 0.3) is 0 Å². The summed E-state index contributed by atoms with van der Waals surface area (Å²) in [6.45, 7) is 10.9. The van der Waals surface area contributed by atoms with Gasteiger partial charge in [-0.05, 0) is 58.5 Å². The number of nitrogens with zero attached hydrogens (tertiary/aromatic N) is 1. The van der Waals surface area contributed by atoms with Crippen molar-refractivity contribution >= 4 is 0 Å². The number of hydrogen-bond acceptors (Lipinski definition) is 2. The molecule has 0 amide bonds. The third-order valence-electron chi connectivity index (χ3n) is 4.42. The van der Waals surface area contributed by atoms with Crippen molar-refractivity contribution in [2.24, 2.45) is 5.41 Å². The van der Waals surface area contributed by atoms with E-state index >= 15 is 0 Å². The van der Waals surface area contributed by atoms with Crippen molar-refractivity contribution in [2.45, 2.75) is 52.1 Å². The molecule has 14 heavy (non-hydrogen) atoms. The van der Waals surface area contributed by atoms with Gasteiger partial charge in [0.25, 0.3) is 0 Å². The maximum absolute atomic E-state index is 3.58. The molecule has 0 aromatic heterocycles. The molecule has 0 radical (unpaired) electrons. The fourth-order valence-electron chi connectivity index (χ4n) is 3.37. The monoisotopic (exact) mass is 196 g/mol. The number of likely N-dealkylation sites (tertiary alicyclic amines) is 1. The van der Waals surface area contributed by atoms with E-state index < -0.39 is 0 Å². The van der Waals surface area contributed by atoms with Gasteiger partial charge in [-0.1, -0.05) is 0 Å². The largest absolute Gasteiger partial charge is 0.316 e. The Hall–Kier alpha value is -0.0800. The summed E-state index contributed by atoms with van der Waals surface area (Å²) in [6.07, 6.45) is 4.21. The van der Waals surface area contributed by atoms with Crippen molar-refractivity contribution in [3.8, 4) is 0 Å². The van der Waals surface area contributed by atoms with Gasteiger partial charge in [0, 0.05) is 18.6 Å². The summed E-state index contributed by atoms with van der Waals surface area (Å²) < 4.78 is 0. The molecule has 82 valence electrons. The standard InChI is InChI=1S/C12H24N2/c1-10(2)14-8-6-12(11(14)3)5-4-7-13-9-12/h10-11,13H,4-9H2,1-3H3. The number of rotatable bonds is 1. The van der Waals surface area contributed by atoms with Gasteiger partial charge < -0.3 is 5.32 Å². The quantitative estimate of drug-likeness (QED) is 0.688. The van der Waals surface area contributed by atoms with Crippen molar-refractivity contribution in [2.75, 3.05) is 19.6 Å². The third-order valence-corrected chi connectivity index (χ3v) is 4.42. The molecule has 2 unspecified atom stereocenters. The van der Waals surface area contributed by atoms with Crippen LogP contribution in [0.15, 0.2) is 0 Å². The van der Waals surface area contributed by atoms with Gasteiger partial charge in [0.1, 0.15) is 0 Å². The zero-order valence-electron chi connectivity index (χ0n) is 9.84. The summed E-state index contributed by atoms with van der Waals surface area (Å²) in [6, 6.07) is 1.49. The van der Waals surface area contributed by atoms with Gasteiger partial charge in [0.2, 0.25) is 0 Å². The molecule has 2 heteroatoms. The number of nitrogens with one attached hydrogen (secondary N) is 1. The van der Waals surface area contributed by atoms with Crippen LogP contribution in [0, 0.1) is 5.41 Å². The SMILES string of the molecule is CC(C)N1CCC2(CCCNC2)C1C. The molecule has 2 saturated heterocycles. The lowest BCUT2D eigenvalue weighted by molar-refractivity contribution is 0.114. The summed E-state index contributed by atoms with van der Waals surface area (Å²) in [5.74, 6) is 0. The molecule has 0 aromatic rings. The van der Waals surface area contributed by atoms with Gasteiger partial charge in [-0.25, -0.2) is 0 Å². The average Bonchev–Trinajstić information content (AvgIpc) is 2.46. The molecule has 0 aromatic carbocycles. The molecular formula is C12H24N2. The molecule has 2 nitrogen and oxygen atoms in total.